The SMILES string of the molecule is O=C1CCC(Nc2ccc(N3CCC(NC(=O)Oc4ccc([N+](=O)[O-])cc4)CC3)c(F)c2)C(=O)N1. The summed E-state index contributed by atoms with van der Waals surface area (Å²) in [5, 5.41) is 18.7. The molecule has 2 aromatic carbocycles. The second kappa shape index (κ2) is 10.4. The van der Waals surface area contributed by atoms with Crippen LogP contribution in [0.1, 0.15) is 25.7 Å². The van der Waals surface area contributed by atoms with Crippen molar-refractivity contribution in [3.8, 4) is 5.75 Å². The van der Waals surface area contributed by atoms with Crippen LogP contribution in [0.4, 0.5) is 26.2 Å². The molecule has 2 aromatic rings. The van der Waals surface area contributed by atoms with Crippen molar-refractivity contribution < 1.29 is 28.4 Å². The van der Waals surface area contributed by atoms with Crippen molar-refractivity contribution >= 4 is 35.0 Å². The second-order valence-corrected chi connectivity index (χ2v) is 8.36. The van der Waals surface area contributed by atoms with Crippen molar-refractivity contribution in [2.75, 3.05) is 23.3 Å². The maximum atomic E-state index is 14.8. The fourth-order valence-corrected chi connectivity index (χ4v) is 4.09. The maximum absolute atomic E-state index is 14.8. The minimum Gasteiger partial charge on any atom is -0.410 e. The molecule has 0 radical (unpaired) electrons. The first-order chi connectivity index (χ1) is 16.8. The molecule has 2 aliphatic rings. The maximum Gasteiger partial charge on any atom is 0.412 e. The summed E-state index contributed by atoms with van der Waals surface area (Å²) in [6, 6.07) is 9.10. The highest BCUT2D eigenvalue weighted by Gasteiger charge is 2.27. The Morgan fingerprint density at radius 2 is 1.83 bits per heavy atom. The minimum atomic E-state index is -0.660. The summed E-state index contributed by atoms with van der Waals surface area (Å²) >= 11 is 0. The van der Waals surface area contributed by atoms with Gasteiger partial charge in [0, 0.05) is 43.4 Å². The summed E-state index contributed by atoms with van der Waals surface area (Å²) < 4.78 is 20.0. The van der Waals surface area contributed by atoms with Gasteiger partial charge in [0.2, 0.25) is 11.8 Å². The predicted octanol–water partition coefficient (Wildman–Crippen LogP) is 2.71. The number of piperidine rings is 2. The zero-order valence-electron chi connectivity index (χ0n) is 18.7. The number of non-ortho nitro benzene ring substituents is 1. The number of nitro benzene ring substituents is 1. The van der Waals surface area contributed by atoms with Gasteiger partial charge in [-0.25, -0.2) is 9.18 Å². The van der Waals surface area contributed by atoms with Crippen LogP contribution in [0.2, 0.25) is 0 Å². The van der Waals surface area contributed by atoms with Crippen molar-refractivity contribution in [1.29, 1.82) is 0 Å². The van der Waals surface area contributed by atoms with Crippen LogP contribution in [-0.2, 0) is 9.59 Å². The molecule has 35 heavy (non-hydrogen) atoms. The number of nitrogens with zero attached hydrogens (tertiary/aromatic N) is 2. The van der Waals surface area contributed by atoms with Crippen molar-refractivity contribution in [2.45, 2.75) is 37.8 Å². The largest absolute Gasteiger partial charge is 0.412 e. The van der Waals surface area contributed by atoms with Crippen LogP contribution in [-0.4, -0.2) is 48.0 Å². The second-order valence-electron chi connectivity index (χ2n) is 8.36. The number of carbonyl (C=O) groups is 3. The van der Waals surface area contributed by atoms with E-state index < -0.39 is 28.8 Å². The monoisotopic (exact) mass is 485 g/mol. The van der Waals surface area contributed by atoms with E-state index in [0.29, 0.717) is 43.7 Å². The Balaban J connectivity index is 1.26. The number of rotatable bonds is 6. The van der Waals surface area contributed by atoms with Gasteiger partial charge in [0.05, 0.1) is 10.6 Å². The van der Waals surface area contributed by atoms with Gasteiger partial charge in [-0.2, -0.15) is 0 Å². The van der Waals surface area contributed by atoms with Gasteiger partial charge >= 0.3 is 6.09 Å². The third-order valence-electron chi connectivity index (χ3n) is 5.94. The lowest BCUT2D eigenvalue weighted by molar-refractivity contribution is -0.384. The van der Waals surface area contributed by atoms with E-state index in [0.717, 1.165) is 0 Å². The number of carbonyl (C=O) groups excluding carboxylic acids is 3. The predicted molar refractivity (Wildman–Crippen MR) is 124 cm³/mol. The molecule has 12 heteroatoms. The van der Waals surface area contributed by atoms with Gasteiger partial charge < -0.3 is 20.3 Å². The molecule has 3 N–H and O–H groups in total. The lowest BCUT2D eigenvalue weighted by Gasteiger charge is -2.34. The highest BCUT2D eigenvalue weighted by Crippen LogP contribution is 2.27. The van der Waals surface area contributed by atoms with Crippen LogP contribution >= 0.6 is 0 Å². The number of nitro groups is 1. The summed E-state index contributed by atoms with van der Waals surface area (Å²) in [6.45, 7) is 1.03. The van der Waals surface area contributed by atoms with E-state index in [-0.39, 0.29) is 29.8 Å². The number of hydrogen-bond donors (Lipinski definition) is 3. The molecule has 4 rings (SSSR count). The quantitative estimate of drug-likeness (QED) is 0.322. The van der Waals surface area contributed by atoms with Crippen molar-refractivity contribution in [1.82, 2.24) is 10.6 Å². The molecule has 2 aliphatic heterocycles. The third kappa shape index (κ3) is 6.02. The Kier molecular flexibility index (Phi) is 7.09. The van der Waals surface area contributed by atoms with Gasteiger partial charge in [0.25, 0.3) is 5.69 Å². The topological polar surface area (TPSA) is 143 Å². The van der Waals surface area contributed by atoms with Crippen molar-refractivity contribution in [2.24, 2.45) is 0 Å². The number of imide groups is 1. The molecule has 11 nitrogen and oxygen atoms in total. The van der Waals surface area contributed by atoms with Crippen LogP contribution in [0.15, 0.2) is 42.5 Å². The molecule has 0 spiro atoms. The summed E-state index contributed by atoms with van der Waals surface area (Å²) in [5.74, 6) is -0.982. The number of anilines is 2. The van der Waals surface area contributed by atoms with Gasteiger partial charge in [-0.1, -0.05) is 0 Å². The molecular weight excluding hydrogens is 461 g/mol. The van der Waals surface area contributed by atoms with Gasteiger partial charge in [-0.3, -0.25) is 25.0 Å². The van der Waals surface area contributed by atoms with E-state index in [2.05, 4.69) is 16.0 Å². The fraction of sp³-hybridized carbons (Fsp3) is 0.348. The standard InChI is InChI=1S/C23H24FN5O6/c24-18-13-15(25-19-6-8-21(30)27-22(19)31)1-7-20(18)28-11-9-14(10-12-28)26-23(32)35-17-4-2-16(3-5-17)29(33)34/h1-5,7,13-14,19,25H,6,8-12H2,(H,26,32)(H,27,30,31). The number of hydrogen-bond acceptors (Lipinski definition) is 8. The number of amides is 3. The van der Waals surface area contributed by atoms with Crippen LogP contribution in [0.25, 0.3) is 0 Å². The average Bonchev–Trinajstić information content (AvgIpc) is 2.82. The Hall–Kier alpha value is -4.22. The van der Waals surface area contributed by atoms with E-state index in [1.54, 1.807) is 12.1 Å². The van der Waals surface area contributed by atoms with Crippen LogP contribution < -0.4 is 25.6 Å². The van der Waals surface area contributed by atoms with E-state index in [9.17, 15) is 28.9 Å². The summed E-state index contributed by atoms with van der Waals surface area (Å²) in [6.07, 6.45) is 1.07. The number of benzene rings is 2. The first-order valence-electron chi connectivity index (χ1n) is 11.2. The minimum absolute atomic E-state index is 0.0999. The number of ether oxygens (including phenoxy) is 1. The molecule has 1 atom stereocenters. The highest BCUT2D eigenvalue weighted by atomic mass is 19.1. The molecular formula is C23H24FN5O6. The Labute approximate surface area is 199 Å². The molecule has 0 bridgehead atoms. The first-order valence-corrected chi connectivity index (χ1v) is 11.2. The van der Waals surface area contributed by atoms with E-state index in [4.69, 9.17) is 4.74 Å². The number of nitrogens with one attached hydrogen (secondary N) is 3. The zero-order chi connectivity index (χ0) is 24.9. The van der Waals surface area contributed by atoms with Gasteiger partial charge in [-0.15, -0.1) is 0 Å². The lowest BCUT2D eigenvalue weighted by atomic mass is 10.0. The van der Waals surface area contributed by atoms with Gasteiger partial charge in [0.1, 0.15) is 17.6 Å². The van der Waals surface area contributed by atoms with Crippen LogP contribution in [0.5, 0.6) is 5.75 Å². The van der Waals surface area contributed by atoms with E-state index >= 15 is 0 Å². The highest BCUT2D eigenvalue weighted by molar-refractivity contribution is 6.01. The summed E-state index contributed by atoms with van der Waals surface area (Å²) in [4.78, 5) is 47.4. The first kappa shape index (κ1) is 23.9. The van der Waals surface area contributed by atoms with Gasteiger partial charge in [0.15, 0.2) is 0 Å². The van der Waals surface area contributed by atoms with E-state index in [1.165, 1.54) is 30.3 Å². The smallest absolute Gasteiger partial charge is 0.410 e. The van der Waals surface area contributed by atoms with E-state index in [1.807, 2.05) is 4.90 Å². The zero-order valence-corrected chi connectivity index (χ0v) is 18.7. The summed E-state index contributed by atoms with van der Waals surface area (Å²) in [5.41, 5.74) is 0.772. The molecule has 184 valence electrons. The van der Waals surface area contributed by atoms with Gasteiger partial charge in [-0.05, 0) is 49.6 Å². The molecule has 3 amide bonds. The average molecular weight is 485 g/mol. The summed E-state index contributed by atoms with van der Waals surface area (Å²) in [7, 11) is 0. The molecule has 2 saturated heterocycles. The normalized spacial score (nSPS) is 18.5. The van der Waals surface area contributed by atoms with Crippen molar-refractivity contribution in [3.63, 3.8) is 0 Å². The fourth-order valence-electron chi connectivity index (χ4n) is 4.09. The Morgan fingerprint density at radius 1 is 1.11 bits per heavy atom. The molecule has 2 heterocycles. The molecule has 0 saturated carbocycles. The third-order valence-corrected chi connectivity index (χ3v) is 5.94. The lowest BCUT2D eigenvalue weighted by Crippen LogP contribution is -2.47. The molecule has 0 aromatic heterocycles. The Bertz CT molecular complexity index is 1130. The Morgan fingerprint density at radius 3 is 2.46 bits per heavy atom. The molecule has 0 aliphatic carbocycles. The van der Waals surface area contributed by atoms with Crippen molar-refractivity contribution in [3.05, 3.63) is 58.4 Å². The number of halogens is 1. The van der Waals surface area contributed by atoms with Crippen LogP contribution in [0.3, 0.4) is 0 Å². The molecule has 1 unspecified atom stereocenters. The van der Waals surface area contributed by atoms with Crippen LogP contribution in [0, 0.1) is 15.9 Å². The molecule has 2 fully saturated rings.